The Hall–Kier alpha value is -4.63. The van der Waals surface area contributed by atoms with Crippen molar-refractivity contribution in [3.63, 3.8) is 0 Å². The third-order valence-electron chi connectivity index (χ3n) is 4.53. The third-order valence-corrected chi connectivity index (χ3v) is 4.53. The number of carbonyl (C=O) groups excluding carboxylic acids is 1. The summed E-state index contributed by atoms with van der Waals surface area (Å²) in [5, 5.41) is 36.1. The molecule has 0 saturated carbocycles. The number of hydrogen-bond donors (Lipinski definition) is 4. The Morgan fingerprint density at radius 2 is 1.88 bits per heavy atom. The fourth-order valence-electron chi connectivity index (χ4n) is 2.92. The van der Waals surface area contributed by atoms with Gasteiger partial charge in [-0.25, -0.2) is 15.0 Å². The predicted octanol–water partition coefficient (Wildman–Crippen LogP) is 1.75. The molecule has 5 N–H and O–H groups in total. The zero-order chi connectivity index (χ0) is 23.8. The lowest BCUT2D eigenvalue weighted by Crippen LogP contribution is -2.18. The highest BCUT2D eigenvalue weighted by molar-refractivity contribution is 5.75. The van der Waals surface area contributed by atoms with E-state index in [2.05, 4.69) is 25.6 Å². The van der Waals surface area contributed by atoms with Gasteiger partial charge in [-0.15, -0.1) is 0 Å². The second-order valence-corrected chi connectivity index (χ2v) is 6.89. The topological polar surface area (TPSA) is 193 Å². The maximum atomic E-state index is 11.3. The molecule has 0 saturated heterocycles. The summed E-state index contributed by atoms with van der Waals surface area (Å²) in [6.45, 7) is 0.821. The van der Waals surface area contributed by atoms with Gasteiger partial charge < -0.3 is 21.5 Å². The predicted molar refractivity (Wildman–Crippen MR) is 119 cm³/mol. The summed E-state index contributed by atoms with van der Waals surface area (Å²) < 4.78 is 0. The van der Waals surface area contributed by atoms with Crippen LogP contribution < -0.4 is 16.4 Å². The smallest absolute Gasteiger partial charge is 0.287 e. The first-order valence-electron chi connectivity index (χ1n) is 9.79. The summed E-state index contributed by atoms with van der Waals surface area (Å²) in [7, 11) is 0. The van der Waals surface area contributed by atoms with Crippen LogP contribution in [-0.2, 0) is 4.79 Å². The highest BCUT2D eigenvalue weighted by atomic mass is 16.6. The molecule has 0 aliphatic carbocycles. The van der Waals surface area contributed by atoms with Crippen molar-refractivity contribution in [3.05, 3.63) is 70.0 Å². The number of nitrogens with zero attached hydrogens (tertiary/aromatic N) is 5. The molecule has 1 atom stereocenters. The summed E-state index contributed by atoms with van der Waals surface area (Å²) in [5.41, 5.74) is 6.94. The van der Waals surface area contributed by atoms with Gasteiger partial charge in [-0.1, -0.05) is 12.1 Å². The number of anilines is 2. The van der Waals surface area contributed by atoms with Crippen LogP contribution in [0.25, 0.3) is 11.3 Å². The van der Waals surface area contributed by atoms with Crippen molar-refractivity contribution in [2.24, 2.45) is 5.73 Å². The minimum absolute atomic E-state index is 0.0963. The molecule has 33 heavy (non-hydrogen) atoms. The van der Waals surface area contributed by atoms with Crippen LogP contribution in [0, 0.1) is 21.4 Å². The molecule has 0 fully saturated rings. The monoisotopic (exact) mass is 448 g/mol. The first-order valence-corrected chi connectivity index (χ1v) is 9.79. The maximum absolute atomic E-state index is 11.3. The van der Waals surface area contributed by atoms with Crippen LogP contribution in [0.4, 0.5) is 17.5 Å². The number of pyridine rings is 1. The Balaban J connectivity index is 1.72. The van der Waals surface area contributed by atoms with Gasteiger partial charge in [-0.3, -0.25) is 14.9 Å². The van der Waals surface area contributed by atoms with Gasteiger partial charge in [0, 0.05) is 36.5 Å². The Bertz CT molecular complexity index is 1180. The molecule has 0 radical (unpaired) electrons. The van der Waals surface area contributed by atoms with Crippen LogP contribution in [0.1, 0.15) is 23.7 Å². The highest BCUT2D eigenvalue weighted by Crippen LogP contribution is 2.29. The zero-order valence-corrected chi connectivity index (χ0v) is 17.3. The van der Waals surface area contributed by atoms with Gasteiger partial charge in [-0.05, 0) is 18.2 Å². The van der Waals surface area contributed by atoms with E-state index < -0.39 is 16.9 Å². The number of nitrogens with two attached hydrogens (primary N) is 1. The van der Waals surface area contributed by atoms with Crippen LogP contribution in [0.2, 0.25) is 0 Å². The molecular weight excluding hydrogens is 428 g/mol. The third kappa shape index (κ3) is 6.18. The molecule has 0 spiro atoms. The van der Waals surface area contributed by atoms with E-state index >= 15 is 0 Å². The number of aromatic nitrogens is 3. The summed E-state index contributed by atoms with van der Waals surface area (Å²) in [5.74, 6) is 0.0933. The average Bonchev–Trinajstić information content (AvgIpc) is 2.81. The molecule has 0 aliphatic rings. The number of nitriles is 1. The molecule has 0 aliphatic heterocycles. The standard InChI is InChI=1S/C21H20N8O4/c22-10-13-1-3-14(4-2-13)20-16(17(30)9-18(23)31)12-27-21(28-20)25-8-7-24-19-6-5-15(11-26-19)29(32)33/h1-6,11-12,17,30H,7-9H2,(H2,23,31)(H,24,26)(H,25,27,28). The number of nitrogens with one attached hydrogen (secondary N) is 2. The first-order chi connectivity index (χ1) is 15.9. The summed E-state index contributed by atoms with van der Waals surface area (Å²) in [4.78, 5) is 34.0. The van der Waals surface area contributed by atoms with Gasteiger partial charge in [0.1, 0.15) is 12.0 Å². The van der Waals surface area contributed by atoms with Crippen LogP contribution >= 0.6 is 0 Å². The number of aliphatic hydroxyl groups is 1. The van der Waals surface area contributed by atoms with Crippen molar-refractivity contribution in [3.8, 4) is 17.3 Å². The minimum atomic E-state index is -1.18. The number of rotatable bonds is 10. The molecule has 3 aromatic rings. The van der Waals surface area contributed by atoms with Crippen molar-refractivity contribution in [1.82, 2.24) is 15.0 Å². The molecule has 1 amide bonds. The molecule has 2 heterocycles. The highest BCUT2D eigenvalue weighted by Gasteiger charge is 2.19. The molecule has 168 valence electrons. The second-order valence-electron chi connectivity index (χ2n) is 6.89. The van der Waals surface area contributed by atoms with Crippen molar-refractivity contribution >= 4 is 23.4 Å². The normalized spacial score (nSPS) is 11.3. The van der Waals surface area contributed by atoms with E-state index in [9.17, 15) is 20.0 Å². The SMILES string of the molecule is N#Cc1ccc(-c2nc(NCCNc3ccc([N+](=O)[O-])cn3)ncc2C(O)CC(N)=O)cc1. The Morgan fingerprint density at radius 3 is 2.48 bits per heavy atom. The molecule has 12 nitrogen and oxygen atoms in total. The van der Waals surface area contributed by atoms with Crippen LogP contribution in [0.3, 0.4) is 0 Å². The van der Waals surface area contributed by atoms with E-state index in [4.69, 9.17) is 11.0 Å². The second kappa shape index (κ2) is 10.6. The van der Waals surface area contributed by atoms with E-state index in [-0.39, 0.29) is 18.1 Å². The van der Waals surface area contributed by atoms with Gasteiger partial charge >= 0.3 is 0 Å². The molecule has 1 unspecified atom stereocenters. The number of nitro groups is 1. The Morgan fingerprint density at radius 1 is 1.15 bits per heavy atom. The van der Waals surface area contributed by atoms with Crippen molar-refractivity contribution < 1.29 is 14.8 Å². The maximum Gasteiger partial charge on any atom is 0.287 e. The van der Waals surface area contributed by atoms with Crippen molar-refractivity contribution in [1.29, 1.82) is 5.26 Å². The van der Waals surface area contributed by atoms with E-state index in [1.807, 2.05) is 6.07 Å². The Labute approximate surface area is 188 Å². The number of hydrogen-bond acceptors (Lipinski definition) is 10. The number of primary amides is 1. The quantitative estimate of drug-likeness (QED) is 0.202. The van der Waals surface area contributed by atoms with Crippen LogP contribution in [0.15, 0.2) is 48.8 Å². The Kier molecular flexibility index (Phi) is 7.40. The summed E-state index contributed by atoms with van der Waals surface area (Å²) in [6, 6.07) is 11.5. The lowest BCUT2D eigenvalue weighted by Gasteiger charge is -2.15. The van der Waals surface area contributed by atoms with Gasteiger partial charge in [0.15, 0.2) is 0 Å². The molecule has 2 aromatic heterocycles. The molecule has 3 rings (SSSR count). The molecule has 1 aromatic carbocycles. The van der Waals surface area contributed by atoms with Gasteiger partial charge in [0.25, 0.3) is 5.69 Å². The summed E-state index contributed by atoms with van der Waals surface area (Å²) in [6.07, 6.45) is 1.11. The molecule has 12 heteroatoms. The molecule has 0 bridgehead atoms. The van der Waals surface area contributed by atoms with Gasteiger partial charge in [-0.2, -0.15) is 5.26 Å². The number of amides is 1. The molecular formula is C21H20N8O4. The van der Waals surface area contributed by atoms with Crippen LogP contribution in [-0.4, -0.2) is 44.0 Å². The van der Waals surface area contributed by atoms with Gasteiger partial charge in [0.2, 0.25) is 11.9 Å². The number of benzene rings is 1. The van der Waals surface area contributed by atoms with E-state index in [0.29, 0.717) is 41.3 Å². The average molecular weight is 448 g/mol. The van der Waals surface area contributed by atoms with Crippen molar-refractivity contribution in [2.75, 3.05) is 23.7 Å². The lowest BCUT2D eigenvalue weighted by molar-refractivity contribution is -0.385. The van der Waals surface area contributed by atoms with Crippen LogP contribution in [0.5, 0.6) is 0 Å². The fraction of sp³-hybridized carbons (Fsp3) is 0.190. The fourth-order valence-corrected chi connectivity index (χ4v) is 2.92. The summed E-state index contributed by atoms with van der Waals surface area (Å²) >= 11 is 0. The van der Waals surface area contributed by atoms with E-state index in [1.165, 1.54) is 24.5 Å². The lowest BCUT2D eigenvalue weighted by atomic mass is 10.0. The van der Waals surface area contributed by atoms with E-state index in [0.717, 1.165) is 0 Å². The first kappa shape index (κ1) is 23.0. The number of aliphatic hydroxyl groups excluding tert-OH is 1. The zero-order valence-electron chi connectivity index (χ0n) is 17.3. The number of carbonyl (C=O) groups is 1. The van der Waals surface area contributed by atoms with Gasteiger partial charge in [0.05, 0.1) is 34.8 Å². The largest absolute Gasteiger partial charge is 0.388 e. The van der Waals surface area contributed by atoms with Crippen molar-refractivity contribution in [2.45, 2.75) is 12.5 Å². The minimum Gasteiger partial charge on any atom is -0.388 e. The van der Waals surface area contributed by atoms with E-state index in [1.54, 1.807) is 24.3 Å².